The topological polar surface area (TPSA) is 44.8 Å². The third kappa shape index (κ3) is 1.34. The summed E-state index contributed by atoms with van der Waals surface area (Å²) < 4.78 is 15.7. The van der Waals surface area contributed by atoms with Gasteiger partial charge in [-0.2, -0.15) is 0 Å². The van der Waals surface area contributed by atoms with Crippen molar-refractivity contribution in [2.24, 2.45) is 0 Å². The Morgan fingerprint density at radius 3 is 2.38 bits per heavy atom. The smallest absolute Gasteiger partial charge is 0.366 e. The minimum Gasteiger partial charge on any atom is -0.465 e. The first kappa shape index (κ1) is 8.97. The summed E-state index contributed by atoms with van der Waals surface area (Å²) in [5.41, 5.74) is 0. The summed E-state index contributed by atoms with van der Waals surface area (Å²) in [6.45, 7) is 1.62. The van der Waals surface area contributed by atoms with Crippen molar-refractivity contribution in [2.75, 3.05) is 7.11 Å². The summed E-state index contributed by atoms with van der Waals surface area (Å²) in [6.07, 6.45) is 3.26. The van der Waals surface area contributed by atoms with Crippen LogP contribution >= 0.6 is 0 Å². The van der Waals surface area contributed by atoms with Crippen molar-refractivity contribution >= 4 is 5.97 Å². The molecule has 4 heteroatoms. The van der Waals surface area contributed by atoms with Crippen LogP contribution in [0.4, 0.5) is 0 Å². The SMILES string of the molecule is COC(=O)C1(C)OC2CCCC2O1. The van der Waals surface area contributed by atoms with Gasteiger partial charge in [-0.3, -0.25) is 0 Å². The number of hydrogen-bond acceptors (Lipinski definition) is 4. The quantitative estimate of drug-likeness (QED) is 0.569. The van der Waals surface area contributed by atoms with Gasteiger partial charge in [-0.25, -0.2) is 4.79 Å². The summed E-state index contributed by atoms with van der Waals surface area (Å²) in [7, 11) is 1.34. The molecule has 0 spiro atoms. The number of carbonyl (C=O) groups is 1. The van der Waals surface area contributed by atoms with E-state index in [1.807, 2.05) is 0 Å². The zero-order chi connectivity index (χ0) is 9.47. The Morgan fingerprint density at radius 1 is 1.38 bits per heavy atom. The van der Waals surface area contributed by atoms with E-state index in [0.717, 1.165) is 19.3 Å². The lowest BCUT2D eigenvalue weighted by Crippen LogP contribution is -2.38. The molecule has 0 N–H and O–H groups in total. The molecule has 2 unspecified atom stereocenters. The second-order valence-electron chi connectivity index (χ2n) is 3.68. The van der Waals surface area contributed by atoms with Gasteiger partial charge in [0.05, 0.1) is 19.3 Å². The van der Waals surface area contributed by atoms with E-state index in [1.165, 1.54) is 7.11 Å². The van der Waals surface area contributed by atoms with Gasteiger partial charge in [0.1, 0.15) is 0 Å². The highest BCUT2D eigenvalue weighted by atomic mass is 16.8. The van der Waals surface area contributed by atoms with Crippen molar-refractivity contribution < 1.29 is 19.0 Å². The van der Waals surface area contributed by atoms with Crippen LogP contribution in [-0.2, 0) is 19.0 Å². The van der Waals surface area contributed by atoms with E-state index in [-0.39, 0.29) is 12.2 Å². The molecule has 1 saturated heterocycles. The molecule has 1 heterocycles. The van der Waals surface area contributed by atoms with E-state index in [1.54, 1.807) is 6.92 Å². The number of methoxy groups -OCH3 is 1. The predicted octanol–water partition coefficient (Wildman–Crippen LogP) is 0.843. The summed E-state index contributed by atoms with van der Waals surface area (Å²) in [5.74, 6) is -1.60. The van der Waals surface area contributed by atoms with Crippen molar-refractivity contribution in [3.8, 4) is 0 Å². The predicted molar refractivity (Wildman–Crippen MR) is 44.0 cm³/mol. The van der Waals surface area contributed by atoms with Gasteiger partial charge in [0.15, 0.2) is 0 Å². The first-order valence-electron chi connectivity index (χ1n) is 4.60. The fraction of sp³-hybridized carbons (Fsp3) is 0.889. The number of rotatable bonds is 1. The first-order chi connectivity index (χ1) is 6.15. The molecule has 13 heavy (non-hydrogen) atoms. The number of esters is 1. The van der Waals surface area contributed by atoms with Gasteiger partial charge in [0.25, 0.3) is 5.79 Å². The summed E-state index contributed by atoms with van der Waals surface area (Å²) in [4.78, 5) is 11.3. The lowest BCUT2D eigenvalue weighted by molar-refractivity contribution is -0.207. The maximum atomic E-state index is 11.3. The van der Waals surface area contributed by atoms with Crippen molar-refractivity contribution in [1.29, 1.82) is 0 Å². The zero-order valence-electron chi connectivity index (χ0n) is 7.91. The van der Waals surface area contributed by atoms with Gasteiger partial charge in [-0.05, 0) is 19.3 Å². The molecule has 0 aromatic heterocycles. The van der Waals surface area contributed by atoms with Gasteiger partial charge < -0.3 is 14.2 Å². The fourth-order valence-electron chi connectivity index (χ4n) is 2.05. The molecular weight excluding hydrogens is 172 g/mol. The lowest BCUT2D eigenvalue weighted by atomic mass is 10.3. The van der Waals surface area contributed by atoms with E-state index in [4.69, 9.17) is 9.47 Å². The van der Waals surface area contributed by atoms with Gasteiger partial charge in [0.2, 0.25) is 0 Å². The minimum absolute atomic E-state index is 0.0871. The van der Waals surface area contributed by atoms with Crippen LogP contribution in [0.2, 0.25) is 0 Å². The number of carbonyl (C=O) groups excluding carboxylic acids is 1. The van der Waals surface area contributed by atoms with E-state index in [0.29, 0.717) is 0 Å². The number of ether oxygens (including phenoxy) is 3. The summed E-state index contributed by atoms with van der Waals surface area (Å²) >= 11 is 0. The average Bonchev–Trinajstić information content (AvgIpc) is 2.61. The van der Waals surface area contributed by atoms with Gasteiger partial charge in [-0.1, -0.05) is 0 Å². The number of fused-ring (bicyclic) bond motifs is 1. The molecule has 1 aliphatic heterocycles. The third-order valence-electron chi connectivity index (χ3n) is 2.70. The standard InChI is InChI=1S/C9H14O4/c1-9(8(10)11-2)12-6-4-3-5-7(6)13-9/h6-7H,3-5H2,1-2H3. The van der Waals surface area contributed by atoms with Crippen LogP contribution in [0, 0.1) is 0 Å². The molecule has 0 aromatic rings. The van der Waals surface area contributed by atoms with Gasteiger partial charge in [-0.15, -0.1) is 0 Å². The maximum absolute atomic E-state index is 11.3. The molecule has 0 amide bonds. The third-order valence-corrected chi connectivity index (χ3v) is 2.70. The van der Waals surface area contributed by atoms with Crippen molar-refractivity contribution in [3.05, 3.63) is 0 Å². The molecule has 74 valence electrons. The van der Waals surface area contributed by atoms with Crippen LogP contribution in [-0.4, -0.2) is 31.1 Å². The van der Waals surface area contributed by atoms with Gasteiger partial charge in [0, 0.05) is 6.92 Å². The Morgan fingerprint density at radius 2 is 1.92 bits per heavy atom. The Hall–Kier alpha value is -0.610. The molecule has 2 fully saturated rings. The molecule has 2 aliphatic rings. The highest BCUT2D eigenvalue weighted by molar-refractivity contribution is 5.77. The van der Waals surface area contributed by atoms with Crippen LogP contribution < -0.4 is 0 Å². The normalized spacial score (nSPS) is 43.2. The second kappa shape index (κ2) is 2.96. The number of hydrogen-bond donors (Lipinski definition) is 0. The first-order valence-corrected chi connectivity index (χ1v) is 4.60. The minimum atomic E-state index is -1.16. The van der Waals surface area contributed by atoms with Crippen LogP contribution in [0.25, 0.3) is 0 Å². The fourth-order valence-corrected chi connectivity index (χ4v) is 2.05. The van der Waals surface area contributed by atoms with Gasteiger partial charge >= 0.3 is 5.97 Å². The molecule has 0 bridgehead atoms. The average molecular weight is 186 g/mol. The molecule has 1 aliphatic carbocycles. The van der Waals surface area contributed by atoms with E-state index < -0.39 is 11.8 Å². The molecule has 0 aromatic carbocycles. The zero-order valence-corrected chi connectivity index (χ0v) is 7.91. The molecule has 4 nitrogen and oxygen atoms in total. The lowest BCUT2D eigenvalue weighted by Gasteiger charge is -2.20. The van der Waals surface area contributed by atoms with E-state index >= 15 is 0 Å². The van der Waals surface area contributed by atoms with Crippen LogP contribution in [0.3, 0.4) is 0 Å². The molecular formula is C9H14O4. The summed E-state index contributed by atoms with van der Waals surface area (Å²) in [5, 5.41) is 0. The van der Waals surface area contributed by atoms with E-state index in [9.17, 15) is 4.79 Å². The molecule has 2 atom stereocenters. The van der Waals surface area contributed by atoms with E-state index in [2.05, 4.69) is 4.74 Å². The largest absolute Gasteiger partial charge is 0.465 e. The second-order valence-corrected chi connectivity index (χ2v) is 3.68. The Kier molecular flexibility index (Phi) is 2.04. The van der Waals surface area contributed by atoms with Crippen molar-refractivity contribution in [1.82, 2.24) is 0 Å². The monoisotopic (exact) mass is 186 g/mol. The van der Waals surface area contributed by atoms with Crippen molar-refractivity contribution in [2.45, 2.75) is 44.2 Å². The Bertz CT molecular complexity index is 214. The summed E-state index contributed by atoms with van der Waals surface area (Å²) in [6, 6.07) is 0. The highest BCUT2D eigenvalue weighted by Crippen LogP contribution is 2.38. The van der Waals surface area contributed by atoms with Crippen LogP contribution in [0.1, 0.15) is 26.2 Å². The van der Waals surface area contributed by atoms with Crippen molar-refractivity contribution in [3.63, 3.8) is 0 Å². The molecule has 1 saturated carbocycles. The van der Waals surface area contributed by atoms with Crippen LogP contribution in [0.15, 0.2) is 0 Å². The molecule has 0 radical (unpaired) electrons. The Labute approximate surface area is 77.1 Å². The van der Waals surface area contributed by atoms with Crippen LogP contribution in [0.5, 0.6) is 0 Å². The molecule has 2 rings (SSSR count). The maximum Gasteiger partial charge on any atom is 0.366 e. The highest BCUT2D eigenvalue weighted by Gasteiger charge is 2.51. The Balaban J connectivity index is 2.08.